The van der Waals surface area contributed by atoms with Crippen molar-refractivity contribution in [3.05, 3.63) is 36.1 Å². The lowest BCUT2D eigenvalue weighted by Crippen LogP contribution is -2.09. The molecule has 0 atom stereocenters. The summed E-state index contributed by atoms with van der Waals surface area (Å²) in [5.74, 6) is 0.815. The number of benzene rings is 1. The van der Waals surface area contributed by atoms with Crippen molar-refractivity contribution in [1.82, 2.24) is 9.78 Å². The Kier molecular flexibility index (Phi) is 3.13. The predicted molar refractivity (Wildman–Crippen MR) is 66.9 cm³/mol. The number of anilines is 1. The van der Waals surface area contributed by atoms with E-state index in [4.69, 9.17) is 5.73 Å². The molecule has 0 saturated heterocycles. The number of nitrogens with zero attached hydrogens (tertiary/aromatic N) is 2. The van der Waals surface area contributed by atoms with E-state index >= 15 is 0 Å². The van der Waals surface area contributed by atoms with Gasteiger partial charge in [0.05, 0.1) is 5.69 Å². The van der Waals surface area contributed by atoms with Gasteiger partial charge in [-0.25, -0.2) is 9.07 Å². The number of halogens is 1. The van der Waals surface area contributed by atoms with Gasteiger partial charge in [0.1, 0.15) is 11.6 Å². The number of rotatable bonds is 3. The lowest BCUT2D eigenvalue weighted by molar-refractivity contribution is 0.489. The normalized spacial score (nSPS) is 11.1. The smallest absolute Gasteiger partial charge is 0.123 e. The standard InChI is InChI=1S/C13H16FN3/c1-9(2)8-17-13(15)7-12(16-17)10-4-3-5-11(14)6-10/h3-7,9H,8,15H2,1-2H3. The monoisotopic (exact) mass is 233 g/mol. The van der Waals surface area contributed by atoms with Crippen LogP contribution < -0.4 is 5.73 Å². The molecule has 17 heavy (non-hydrogen) atoms. The molecule has 0 radical (unpaired) electrons. The van der Waals surface area contributed by atoms with Gasteiger partial charge < -0.3 is 5.73 Å². The van der Waals surface area contributed by atoms with Gasteiger partial charge in [-0.3, -0.25) is 0 Å². The number of hydrogen-bond acceptors (Lipinski definition) is 2. The van der Waals surface area contributed by atoms with E-state index in [1.54, 1.807) is 16.8 Å². The first-order valence-corrected chi connectivity index (χ1v) is 5.65. The molecule has 90 valence electrons. The van der Waals surface area contributed by atoms with E-state index in [9.17, 15) is 4.39 Å². The molecule has 2 rings (SSSR count). The Bertz CT molecular complexity index is 517. The molecule has 3 nitrogen and oxygen atoms in total. The predicted octanol–water partition coefficient (Wildman–Crippen LogP) is 2.93. The Morgan fingerprint density at radius 2 is 2.12 bits per heavy atom. The molecular formula is C13H16FN3. The third kappa shape index (κ3) is 2.64. The minimum absolute atomic E-state index is 0.264. The molecule has 0 aliphatic rings. The molecule has 2 aromatic rings. The molecule has 0 amide bonds. The van der Waals surface area contributed by atoms with Crippen molar-refractivity contribution in [3.8, 4) is 11.3 Å². The maximum absolute atomic E-state index is 13.1. The van der Waals surface area contributed by atoms with Crippen molar-refractivity contribution in [1.29, 1.82) is 0 Å². The molecule has 1 heterocycles. The third-order valence-corrected chi connectivity index (χ3v) is 2.47. The molecule has 1 aromatic carbocycles. The lowest BCUT2D eigenvalue weighted by atomic mass is 10.1. The van der Waals surface area contributed by atoms with Crippen LogP contribution in [0.5, 0.6) is 0 Å². The van der Waals surface area contributed by atoms with Crippen LogP contribution in [0.2, 0.25) is 0 Å². The van der Waals surface area contributed by atoms with E-state index in [1.165, 1.54) is 12.1 Å². The SMILES string of the molecule is CC(C)Cn1nc(-c2cccc(F)c2)cc1N. The van der Waals surface area contributed by atoms with Crippen LogP contribution in [0, 0.1) is 11.7 Å². The van der Waals surface area contributed by atoms with E-state index in [0.717, 1.165) is 12.1 Å². The molecular weight excluding hydrogens is 217 g/mol. The van der Waals surface area contributed by atoms with Crippen molar-refractivity contribution in [3.63, 3.8) is 0 Å². The topological polar surface area (TPSA) is 43.8 Å². The van der Waals surface area contributed by atoms with Crippen LogP contribution in [0.4, 0.5) is 10.2 Å². The second-order valence-corrected chi connectivity index (χ2v) is 4.54. The van der Waals surface area contributed by atoms with Gasteiger partial charge in [0.25, 0.3) is 0 Å². The maximum atomic E-state index is 13.1. The average molecular weight is 233 g/mol. The van der Waals surface area contributed by atoms with E-state index in [2.05, 4.69) is 18.9 Å². The molecule has 0 aliphatic heterocycles. The van der Waals surface area contributed by atoms with Gasteiger partial charge in [-0.1, -0.05) is 26.0 Å². The second kappa shape index (κ2) is 4.57. The maximum Gasteiger partial charge on any atom is 0.123 e. The fraction of sp³-hybridized carbons (Fsp3) is 0.308. The minimum atomic E-state index is -0.264. The van der Waals surface area contributed by atoms with Gasteiger partial charge in [0, 0.05) is 18.2 Å². The lowest BCUT2D eigenvalue weighted by Gasteiger charge is -2.06. The molecule has 0 unspecified atom stereocenters. The van der Waals surface area contributed by atoms with Gasteiger partial charge in [0.2, 0.25) is 0 Å². The van der Waals surface area contributed by atoms with Crippen molar-refractivity contribution in [2.24, 2.45) is 5.92 Å². The Morgan fingerprint density at radius 1 is 1.35 bits per heavy atom. The summed E-state index contributed by atoms with van der Waals surface area (Å²) >= 11 is 0. The molecule has 0 saturated carbocycles. The third-order valence-electron chi connectivity index (χ3n) is 2.47. The van der Waals surface area contributed by atoms with E-state index in [1.807, 2.05) is 6.07 Å². The number of nitrogens with two attached hydrogens (primary N) is 1. The van der Waals surface area contributed by atoms with Gasteiger partial charge in [0.15, 0.2) is 0 Å². The van der Waals surface area contributed by atoms with Crippen LogP contribution in [0.15, 0.2) is 30.3 Å². The van der Waals surface area contributed by atoms with Crippen LogP contribution in [-0.4, -0.2) is 9.78 Å². The van der Waals surface area contributed by atoms with Crippen molar-refractivity contribution in [2.75, 3.05) is 5.73 Å². The fourth-order valence-electron chi connectivity index (χ4n) is 1.71. The zero-order valence-corrected chi connectivity index (χ0v) is 10.0. The highest BCUT2D eigenvalue weighted by Gasteiger charge is 2.08. The molecule has 0 bridgehead atoms. The van der Waals surface area contributed by atoms with E-state index < -0.39 is 0 Å². The van der Waals surface area contributed by atoms with Crippen LogP contribution >= 0.6 is 0 Å². The molecule has 0 fully saturated rings. The number of aromatic nitrogens is 2. The first-order chi connectivity index (χ1) is 8.06. The highest BCUT2D eigenvalue weighted by molar-refractivity contribution is 5.62. The quantitative estimate of drug-likeness (QED) is 0.885. The first-order valence-electron chi connectivity index (χ1n) is 5.65. The van der Waals surface area contributed by atoms with Gasteiger partial charge in [-0.2, -0.15) is 5.10 Å². The van der Waals surface area contributed by atoms with Crippen molar-refractivity contribution < 1.29 is 4.39 Å². The Labute approximate surface area is 100 Å². The van der Waals surface area contributed by atoms with Crippen LogP contribution in [0.1, 0.15) is 13.8 Å². The van der Waals surface area contributed by atoms with Crippen molar-refractivity contribution >= 4 is 5.82 Å². The largest absolute Gasteiger partial charge is 0.384 e. The zero-order valence-electron chi connectivity index (χ0n) is 10.0. The first kappa shape index (κ1) is 11.6. The summed E-state index contributed by atoms with van der Waals surface area (Å²) in [6, 6.07) is 8.14. The number of nitrogen functional groups attached to an aromatic ring is 1. The highest BCUT2D eigenvalue weighted by Crippen LogP contribution is 2.21. The highest BCUT2D eigenvalue weighted by atomic mass is 19.1. The Morgan fingerprint density at radius 3 is 2.76 bits per heavy atom. The Balaban J connectivity index is 2.34. The summed E-state index contributed by atoms with van der Waals surface area (Å²) in [4.78, 5) is 0. The summed E-state index contributed by atoms with van der Waals surface area (Å²) in [7, 11) is 0. The zero-order chi connectivity index (χ0) is 12.4. The molecule has 0 aliphatic carbocycles. The molecule has 0 spiro atoms. The summed E-state index contributed by atoms with van der Waals surface area (Å²) in [6.45, 7) is 4.97. The molecule has 2 N–H and O–H groups in total. The summed E-state index contributed by atoms with van der Waals surface area (Å²) in [6.07, 6.45) is 0. The summed E-state index contributed by atoms with van der Waals surface area (Å²) < 4.78 is 14.9. The van der Waals surface area contributed by atoms with Crippen LogP contribution in [0.3, 0.4) is 0 Å². The second-order valence-electron chi connectivity index (χ2n) is 4.54. The Hall–Kier alpha value is -1.84. The molecule has 4 heteroatoms. The van der Waals surface area contributed by atoms with Crippen LogP contribution in [0.25, 0.3) is 11.3 Å². The fourth-order valence-corrected chi connectivity index (χ4v) is 1.71. The van der Waals surface area contributed by atoms with E-state index in [-0.39, 0.29) is 5.82 Å². The van der Waals surface area contributed by atoms with Gasteiger partial charge >= 0.3 is 0 Å². The number of hydrogen-bond donors (Lipinski definition) is 1. The minimum Gasteiger partial charge on any atom is -0.384 e. The summed E-state index contributed by atoms with van der Waals surface area (Å²) in [5, 5.41) is 4.39. The van der Waals surface area contributed by atoms with Gasteiger partial charge in [-0.15, -0.1) is 0 Å². The van der Waals surface area contributed by atoms with E-state index in [0.29, 0.717) is 17.4 Å². The average Bonchev–Trinajstić information content (AvgIpc) is 2.59. The molecule has 1 aromatic heterocycles. The van der Waals surface area contributed by atoms with Gasteiger partial charge in [-0.05, 0) is 18.1 Å². The summed E-state index contributed by atoms with van der Waals surface area (Å²) in [5.41, 5.74) is 7.33. The van der Waals surface area contributed by atoms with Crippen LogP contribution in [-0.2, 0) is 6.54 Å². The van der Waals surface area contributed by atoms with Crippen molar-refractivity contribution in [2.45, 2.75) is 20.4 Å².